The van der Waals surface area contributed by atoms with E-state index in [-0.39, 0.29) is 19.1 Å². The summed E-state index contributed by atoms with van der Waals surface area (Å²) in [6, 6.07) is -0.875. The lowest BCUT2D eigenvalue weighted by Crippen LogP contribution is -2.45. The molecule has 440 valence electrons. The van der Waals surface area contributed by atoms with Gasteiger partial charge >= 0.3 is 7.82 Å². The Morgan fingerprint density at radius 2 is 0.803 bits per heavy atom. The van der Waals surface area contributed by atoms with Gasteiger partial charge in [0, 0.05) is 6.42 Å². The molecule has 76 heavy (non-hydrogen) atoms. The molecule has 0 saturated heterocycles. The molecule has 0 fully saturated rings. The standard InChI is InChI=1S/C67H121N2O6P/c1-6-8-10-12-14-16-18-20-22-24-26-28-29-30-31-32-33-34-35-36-37-38-39-41-43-45-47-49-51-53-55-57-59-61-67(71)68-65(64-75-76(72,73)74-63-62-69(3,4)5)66(70)60-58-56-54-52-50-48-46-44-42-40-27-25-23-21-19-17-15-13-11-9-7-2/h8,10,14,16,20,22,26,28,30-31,42,44,50,52,58,60,65-66,70H,6-7,9,11-13,15,17-19,21,23-25,27,29,32-41,43,45-49,51,53-57,59,61-64H2,1-5H3,(H-,68,71,72,73)/p+1/b10-8-,16-14-,22-20-,28-26-,31-30-,44-42+,52-50+,60-58+. The minimum atomic E-state index is -4.37. The molecule has 3 unspecified atom stereocenters. The van der Waals surface area contributed by atoms with Crippen LogP contribution in [0.4, 0.5) is 0 Å². The second-order valence-electron chi connectivity index (χ2n) is 22.4. The Kier molecular flexibility index (Phi) is 55.2. The fourth-order valence-electron chi connectivity index (χ4n) is 8.87. The van der Waals surface area contributed by atoms with Gasteiger partial charge in [-0.3, -0.25) is 13.8 Å². The highest BCUT2D eigenvalue weighted by molar-refractivity contribution is 7.47. The third kappa shape index (κ3) is 59.1. The zero-order valence-electron chi connectivity index (χ0n) is 50.2. The molecule has 3 atom stereocenters. The Balaban J connectivity index is 4.15. The predicted molar refractivity (Wildman–Crippen MR) is 332 cm³/mol. The first-order valence-corrected chi connectivity index (χ1v) is 33.1. The summed E-state index contributed by atoms with van der Waals surface area (Å²) in [6.07, 6.45) is 82.5. The molecular formula is C67H122N2O6P+. The molecule has 0 aromatic heterocycles. The Hall–Kier alpha value is -2.58. The number of carbonyl (C=O) groups excluding carboxylic acids is 1. The van der Waals surface area contributed by atoms with Gasteiger partial charge in [0.05, 0.1) is 39.9 Å². The van der Waals surface area contributed by atoms with E-state index < -0.39 is 20.0 Å². The molecule has 0 aromatic carbocycles. The number of nitrogens with one attached hydrogen (secondary N) is 1. The molecule has 0 aliphatic rings. The second kappa shape index (κ2) is 57.1. The summed E-state index contributed by atoms with van der Waals surface area (Å²) in [6.45, 7) is 4.69. The number of quaternary nitrogens is 1. The van der Waals surface area contributed by atoms with Gasteiger partial charge in [0.1, 0.15) is 13.2 Å². The van der Waals surface area contributed by atoms with Crippen LogP contribution in [0.15, 0.2) is 97.2 Å². The van der Waals surface area contributed by atoms with E-state index in [0.29, 0.717) is 17.4 Å². The molecule has 0 rings (SSSR count). The maximum Gasteiger partial charge on any atom is 0.472 e. The largest absolute Gasteiger partial charge is 0.472 e. The summed E-state index contributed by atoms with van der Waals surface area (Å²) in [5.74, 6) is -0.191. The molecular weight excluding hydrogens is 960 g/mol. The van der Waals surface area contributed by atoms with Crippen molar-refractivity contribution < 1.29 is 32.9 Å². The van der Waals surface area contributed by atoms with Crippen LogP contribution in [0.25, 0.3) is 0 Å². The van der Waals surface area contributed by atoms with Crippen molar-refractivity contribution in [3.63, 3.8) is 0 Å². The fourth-order valence-corrected chi connectivity index (χ4v) is 9.60. The predicted octanol–water partition coefficient (Wildman–Crippen LogP) is 19.8. The van der Waals surface area contributed by atoms with Crippen LogP contribution in [-0.2, 0) is 18.4 Å². The number of hydrogen-bond acceptors (Lipinski definition) is 5. The molecule has 8 nitrogen and oxygen atoms in total. The number of carbonyl (C=O) groups is 1. The molecule has 0 saturated carbocycles. The van der Waals surface area contributed by atoms with Gasteiger partial charge in [-0.05, 0) is 89.9 Å². The van der Waals surface area contributed by atoms with Crippen molar-refractivity contribution >= 4 is 13.7 Å². The van der Waals surface area contributed by atoms with Gasteiger partial charge < -0.3 is 19.8 Å². The lowest BCUT2D eigenvalue weighted by Gasteiger charge is -2.25. The van der Waals surface area contributed by atoms with Gasteiger partial charge in [-0.15, -0.1) is 0 Å². The smallest absolute Gasteiger partial charge is 0.387 e. The van der Waals surface area contributed by atoms with E-state index >= 15 is 0 Å². The normalized spacial score (nSPS) is 14.5. The number of amides is 1. The molecule has 1 amide bonds. The van der Waals surface area contributed by atoms with Crippen LogP contribution < -0.4 is 5.32 Å². The van der Waals surface area contributed by atoms with E-state index in [1.54, 1.807) is 6.08 Å². The maximum atomic E-state index is 13.0. The van der Waals surface area contributed by atoms with Gasteiger partial charge in [0.25, 0.3) is 0 Å². The zero-order chi connectivity index (χ0) is 55.6. The molecule has 0 aromatic rings. The number of unbranched alkanes of at least 4 members (excludes halogenated alkanes) is 30. The van der Waals surface area contributed by atoms with E-state index in [9.17, 15) is 19.4 Å². The monoisotopic (exact) mass is 1080 g/mol. The Bertz CT molecular complexity index is 1560. The lowest BCUT2D eigenvalue weighted by atomic mass is 10.0. The lowest BCUT2D eigenvalue weighted by molar-refractivity contribution is -0.870. The minimum absolute atomic E-state index is 0.0509. The molecule has 0 bridgehead atoms. The average molecular weight is 1080 g/mol. The van der Waals surface area contributed by atoms with Crippen molar-refractivity contribution in [3.05, 3.63) is 97.2 Å². The second-order valence-corrected chi connectivity index (χ2v) is 23.8. The van der Waals surface area contributed by atoms with Crippen molar-refractivity contribution in [3.8, 4) is 0 Å². The van der Waals surface area contributed by atoms with Crippen LogP contribution in [0.2, 0.25) is 0 Å². The first kappa shape index (κ1) is 73.4. The zero-order valence-corrected chi connectivity index (χ0v) is 51.1. The summed E-state index contributed by atoms with van der Waals surface area (Å²) in [4.78, 5) is 23.4. The van der Waals surface area contributed by atoms with Crippen LogP contribution in [0.3, 0.4) is 0 Å². The van der Waals surface area contributed by atoms with Crippen LogP contribution >= 0.6 is 7.82 Å². The number of aliphatic hydroxyl groups excluding tert-OH is 1. The number of likely N-dealkylation sites (N-methyl/N-ethyl adjacent to an activating group) is 1. The van der Waals surface area contributed by atoms with Crippen molar-refractivity contribution in [2.75, 3.05) is 40.9 Å². The Morgan fingerprint density at radius 3 is 1.21 bits per heavy atom. The highest BCUT2D eigenvalue weighted by Crippen LogP contribution is 2.43. The quantitative estimate of drug-likeness (QED) is 0.0243. The molecule has 0 aliphatic carbocycles. The van der Waals surface area contributed by atoms with Gasteiger partial charge in [-0.25, -0.2) is 4.57 Å². The summed E-state index contributed by atoms with van der Waals surface area (Å²) in [5.41, 5.74) is 0. The SMILES string of the molecule is CC/C=C\C/C=C\C/C=C\C/C=C\C/C=C\CCCCCCCCCCCCCCCCCCCC(=O)NC(COP(=O)(O)OCC[N+](C)(C)C)C(O)/C=C/CC/C=C/CC/C=C/CCCCCCCCCCCCC. The molecule has 0 heterocycles. The maximum absolute atomic E-state index is 13.0. The molecule has 3 N–H and O–H groups in total. The average Bonchev–Trinajstić information content (AvgIpc) is 3.38. The van der Waals surface area contributed by atoms with Crippen LogP contribution in [0, 0.1) is 0 Å². The summed E-state index contributed by atoms with van der Waals surface area (Å²) >= 11 is 0. The number of phosphoric ester groups is 1. The van der Waals surface area contributed by atoms with E-state index in [1.807, 2.05) is 27.2 Å². The fraction of sp³-hybridized carbons (Fsp3) is 0.746. The number of phosphoric acid groups is 1. The summed E-state index contributed by atoms with van der Waals surface area (Å²) < 4.78 is 23.7. The molecule has 9 heteroatoms. The van der Waals surface area contributed by atoms with E-state index in [2.05, 4.69) is 104 Å². The first-order valence-electron chi connectivity index (χ1n) is 31.6. The van der Waals surface area contributed by atoms with Gasteiger partial charge in [0.2, 0.25) is 5.91 Å². The van der Waals surface area contributed by atoms with Crippen molar-refractivity contribution in [1.82, 2.24) is 5.32 Å². The highest BCUT2D eigenvalue weighted by Gasteiger charge is 2.27. The Morgan fingerprint density at radius 1 is 0.461 bits per heavy atom. The first-order chi connectivity index (χ1) is 37.0. The number of nitrogens with zero attached hydrogens (tertiary/aromatic N) is 1. The van der Waals surface area contributed by atoms with Crippen LogP contribution in [0.5, 0.6) is 0 Å². The number of rotatable bonds is 57. The van der Waals surface area contributed by atoms with Crippen molar-refractivity contribution in [1.29, 1.82) is 0 Å². The van der Waals surface area contributed by atoms with E-state index in [1.165, 1.54) is 173 Å². The summed E-state index contributed by atoms with van der Waals surface area (Å²) in [7, 11) is 1.54. The van der Waals surface area contributed by atoms with Crippen LogP contribution in [0.1, 0.15) is 271 Å². The number of allylic oxidation sites excluding steroid dienone is 15. The van der Waals surface area contributed by atoms with Gasteiger partial charge in [-0.1, -0.05) is 272 Å². The highest BCUT2D eigenvalue weighted by atomic mass is 31.2. The Labute approximate surface area is 470 Å². The summed E-state index contributed by atoms with van der Waals surface area (Å²) in [5, 5.41) is 13.9. The molecule has 0 aliphatic heterocycles. The third-order valence-corrected chi connectivity index (χ3v) is 14.7. The van der Waals surface area contributed by atoms with E-state index in [4.69, 9.17) is 9.05 Å². The molecule has 0 spiro atoms. The molecule has 0 radical (unpaired) electrons. The minimum Gasteiger partial charge on any atom is -0.387 e. The van der Waals surface area contributed by atoms with Crippen molar-refractivity contribution in [2.24, 2.45) is 0 Å². The van der Waals surface area contributed by atoms with E-state index in [0.717, 1.165) is 77.0 Å². The van der Waals surface area contributed by atoms with Gasteiger partial charge in [0.15, 0.2) is 0 Å². The van der Waals surface area contributed by atoms with Crippen LogP contribution in [-0.4, -0.2) is 73.4 Å². The number of hydrogen-bond donors (Lipinski definition) is 3. The van der Waals surface area contributed by atoms with Gasteiger partial charge in [-0.2, -0.15) is 0 Å². The number of aliphatic hydroxyl groups is 1. The van der Waals surface area contributed by atoms with Crippen molar-refractivity contribution in [2.45, 2.75) is 283 Å². The third-order valence-electron chi connectivity index (χ3n) is 13.8. The topological polar surface area (TPSA) is 105 Å².